The van der Waals surface area contributed by atoms with E-state index in [2.05, 4.69) is 20.2 Å². The Morgan fingerprint density at radius 3 is 2.55 bits per heavy atom. The van der Waals surface area contributed by atoms with Crippen LogP contribution in [0.3, 0.4) is 0 Å². The van der Waals surface area contributed by atoms with Gasteiger partial charge in [0.15, 0.2) is 0 Å². The van der Waals surface area contributed by atoms with E-state index < -0.39 is 0 Å². The van der Waals surface area contributed by atoms with Crippen molar-refractivity contribution < 1.29 is 0 Å². The number of nitrogens with zero attached hydrogens (tertiary/aromatic N) is 3. The van der Waals surface area contributed by atoms with E-state index >= 15 is 0 Å². The van der Waals surface area contributed by atoms with Gasteiger partial charge in [-0.2, -0.15) is 0 Å². The van der Waals surface area contributed by atoms with Crippen molar-refractivity contribution in [1.82, 2.24) is 9.97 Å². The van der Waals surface area contributed by atoms with E-state index in [9.17, 15) is 0 Å². The highest BCUT2D eigenvalue weighted by atomic mass is 35.5. The van der Waals surface area contributed by atoms with Gasteiger partial charge in [-0.3, -0.25) is 0 Å². The van der Waals surface area contributed by atoms with Crippen LogP contribution in [-0.4, -0.2) is 23.1 Å². The molecule has 1 aromatic heterocycles. The zero-order valence-electron chi connectivity index (χ0n) is 12.8. The number of aryl methyl sites for hydroxylation is 1. The van der Waals surface area contributed by atoms with Crippen LogP contribution in [0.2, 0.25) is 5.02 Å². The molecule has 116 valence electrons. The van der Waals surface area contributed by atoms with Gasteiger partial charge in [0.05, 0.1) is 0 Å². The molecule has 22 heavy (non-hydrogen) atoms. The Bertz CT molecular complexity index is 636. The summed E-state index contributed by atoms with van der Waals surface area (Å²) in [4.78, 5) is 11.5. The Labute approximate surface area is 136 Å². The Balaban J connectivity index is 1.82. The highest BCUT2D eigenvalue weighted by molar-refractivity contribution is 6.30. The molecule has 1 aliphatic heterocycles. The smallest absolute Gasteiger partial charge is 0.136 e. The molecule has 5 heteroatoms. The van der Waals surface area contributed by atoms with Crippen LogP contribution < -0.4 is 10.2 Å². The SMILES string of the molecule is Cc1nc(Nc2cccc(Cl)c2)cc(N2CCCCCC2)n1. The highest BCUT2D eigenvalue weighted by Gasteiger charge is 2.13. The molecule has 0 amide bonds. The number of aromatic nitrogens is 2. The van der Waals surface area contributed by atoms with Crippen molar-refractivity contribution in [1.29, 1.82) is 0 Å². The molecule has 0 atom stereocenters. The highest BCUT2D eigenvalue weighted by Crippen LogP contribution is 2.23. The number of rotatable bonds is 3. The number of anilines is 3. The standard InChI is InChI=1S/C17H21ClN4/c1-13-19-16(21-15-8-6-7-14(18)11-15)12-17(20-13)22-9-4-2-3-5-10-22/h6-8,11-12H,2-5,9-10H2,1H3,(H,19,20,21). The van der Waals surface area contributed by atoms with Crippen molar-refractivity contribution in [3.63, 3.8) is 0 Å². The minimum Gasteiger partial charge on any atom is -0.356 e. The monoisotopic (exact) mass is 316 g/mol. The minimum absolute atomic E-state index is 0.712. The van der Waals surface area contributed by atoms with Gasteiger partial charge >= 0.3 is 0 Å². The molecule has 1 aromatic carbocycles. The van der Waals surface area contributed by atoms with E-state index in [1.807, 2.05) is 37.3 Å². The molecule has 4 nitrogen and oxygen atoms in total. The minimum atomic E-state index is 0.712. The van der Waals surface area contributed by atoms with Crippen molar-refractivity contribution in [3.05, 3.63) is 41.2 Å². The molecule has 1 saturated heterocycles. The lowest BCUT2D eigenvalue weighted by Gasteiger charge is -2.22. The topological polar surface area (TPSA) is 41.1 Å². The first-order chi connectivity index (χ1) is 10.7. The fraction of sp³-hybridized carbons (Fsp3) is 0.412. The second-order valence-electron chi connectivity index (χ2n) is 5.70. The van der Waals surface area contributed by atoms with E-state index in [1.54, 1.807) is 0 Å². The summed E-state index contributed by atoms with van der Waals surface area (Å²) in [6, 6.07) is 9.69. The molecule has 0 radical (unpaired) electrons. The summed E-state index contributed by atoms with van der Waals surface area (Å²) in [5.74, 6) is 2.61. The summed E-state index contributed by atoms with van der Waals surface area (Å²) in [6.45, 7) is 4.09. The van der Waals surface area contributed by atoms with Gasteiger partial charge in [-0.1, -0.05) is 30.5 Å². The summed E-state index contributed by atoms with van der Waals surface area (Å²) in [5.41, 5.74) is 0.937. The lowest BCUT2D eigenvalue weighted by molar-refractivity contribution is 0.726. The maximum atomic E-state index is 6.03. The van der Waals surface area contributed by atoms with Crippen LogP contribution in [0.4, 0.5) is 17.3 Å². The molecule has 2 heterocycles. The largest absolute Gasteiger partial charge is 0.356 e. The van der Waals surface area contributed by atoms with Crippen molar-refractivity contribution in [2.24, 2.45) is 0 Å². The van der Waals surface area contributed by atoms with E-state index in [0.717, 1.165) is 36.2 Å². The van der Waals surface area contributed by atoms with Gasteiger partial charge < -0.3 is 10.2 Å². The van der Waals surface area contributed by atoms with Crippen molar-refractivity contribution in [2.45, 2.75) is 32.6 Å². The van der Waals surface area contributed by atoms with Crippen LogP contribution in [0.1, 0.15) is 31.5 Å². The van der Waals surface area contributed by atoms with Crippen molar-refractivity contribution in [3.8, 4) is 0 Å². The Kier molecular flexibility index (Phi) is 4.78. The molecule has 1 fully saturated rings. The Morgan fingerprint density at radius 2 is 1.82 bits per heavy atom. The van der Waals surface area contributed by atoms with E-state index in [0.29, 0.717) is 5.02 Å². The fourth-order valence-corrected chi connectivity index (χ4v) is 2.98. The molecular weight excluding hydrogens is 296 g/mol. The summed E-state index contributed by atoms with van der Waals surface area (Å²) in [6.07, 6.45) is 5.10. The molecule has 0 spiro atoms. The third-order valence-electron chi connectivity index (χ3n) is 3.85. The van der Waals surface area contributed by atoms with Crippen molar-refractivity contribution >= 4 is 28.9 Å². The average molecular weight is 317 g/mol. The van der Waals surface area contributed by atoms with E-state index in [4.69, 9.17) is 11.6 Å². The van der Waals surface area contributed by atoms with Crippen LogP contribution in [0.25, 0.3) is 0 Å². The molecule has 2 aromatic rings. The summed E-state index contributed by atoms with van der Waals surface area (Å²) in [5, 5.41) is 4.03. The van der Waals surface area contributed by atoms with Gasteiger partial charge in [0.1, 0.15) is 17.5 Å². The predicted molar refractivity (Wildman–Crippen MR) is 92.2 cm³/mol. The molecule has 1 N–H and O–H groups in total. The summed E-state index contributed by atoms with van der Waals surface area (Å²) < 4.78 is 0. The number of hydrogen-bond acceptors (Lipinski definition) is 4. The maximum Gasteiger partial charge on any atom is 0.136 e. The van der Waals surface area contributed by atoms with E-state index in [1.165, 1.54) is 25.7 Å². The zero-order valence-corrected chi connectivity index (χ0v) is 13.6. The van der Waals surface area contributed by atoms with Crippen LogP contribution in [0, 0.1) is 6.92 Å². The summed E-state index contributed by atoms with van der Waals surface area (Å²) >= 11 is 6.03. The molecule has 3 rings (SSSR count). The summed E-state index contributed by atoms with van der Waals surface area (Å²) in [7, 11) is 0. The van der Waals surface area contributed by atoms with Gasteiger partial charge in [-0.25, -0.2) is 9.97 Å². The first-order valence-electron chi connectivity index (χ1n) is 7.84. The van der Waals surface area contributed by atoms with Crippen molar-refractivity contribution in [2.75, 3.05) is 23.3 Å². The van der Waals surface area contributed by atoms with Gasteiger partial charge in [0.25, 0.3) is 0 Å². The van der Waals surface area contributed by atoms with Crippen LogP contribution in [0.15, 0.2) is 30.3 Å². The normalized spacial score (nSPS) is 15.5. The number of halogens is 1. The third kappa shape index (κ3) is 3.89. The third-order valence-corrected chi connectivity index (χ3v) is 4.09. The molecular formula is C17H21ClN4. The Hall–Kier alpha value is -1.81. The Morgan fingerprint density at radius 1 is 1.05 bits per heavy atom. The first kappa shape index (κ1) is 15.1. The van der Waals surface area contributed by atoms with E-state index in [-0.39, 0.29) is 0 Å². The second-order valence-corrected chi connectivity index (χ2v) is 6.13. The quantitative estimate of drug-likeness (QED) is 0.901. The van der Waals surface area contributed by atoms with Gasteiger partial charge in [0.2, 0.25) is 0 Å². The van der Waals surface area contributed by atoms with Crippen LogP contribution in [0.5, 0.6) is 0 Å². The lowest BCUT2D eigenvalue weighted by atomic mass is 10.2. The molecule has 0 aliphatic carbocycles. The number of hydrogen-bond donors (Lipinski definition) is 1. The van der Waals surface area contributed by atoms with Crippen LogP contribution in [-0.2, 0) is 0 Å². The predicted octanol–water partition coefficient (Wildman–Crippen LogP) is 4.56. The molecule has 1 aliphatic rings. The fourth-order valence-electron chi connectivity index (χ4n) is 2.79. The molecule has 0 unspecified atom stereocenters. The molecule has 0 bridgehead atoms. The van der Waals surface area contributed by atoms with Gasteiger partial charge in [-0.05, 0) is 38.0 Å². The molecule has 0 saturated carbocycles. The number of nitrogens with one attached hydrogen (secondary N) is 1. The van der Waals surface area contributed by atoms with Gasteiger partial charge in [-0.15, -0.1) is 0 Å². The van der Waals surface area contributed by atoms with Gasteiger partial charge in [0, 0.05) is 29.9 Å². The first-order valence-corrected chi connectivity index (χ1v) is 8.22. The average Bonchev–Trinajstić information content (AvgIpc) is 2.75. The van der Waals surface area contributed by atoms with Crippen LogP contribution >= 0.6 is 11.6 Å². The maximum absolute atomic E-state index is 6.03. The second kappa shape index (κ2) is 6.97. The number of benzene rings is 1. The lowest BCUT2D eigenvalue weighted by Crippen LogP contribution is -2.25. The zero-order chi connectivity index (χ0) is 15.4.